The van der Waals surface area contributed by atoms with Crippen molar-refractivity contribution in [2.75, 3.05) is 18.5 Å². The lowest BCUT2D eigenvalue weighted by molar-refractivity contribution is -0.169. The van der Waals surface area contributed by atoms with Crippen LogP contribution >= 0.6 is 19.3 Å². The van der Waals surface area contributed by atoms with Gasteiger partial charge in [-0.1, -0.05) is 81.4 Å². The third kappa shape index (κ3) is 9.47. The van der Waals surface area contributed by atoms with E-state index >= 15 is 0 Å². The maximum atomic E-state index is 14.3. The van der Waals surface area contributed by atoms with Crippen LogP contribution in [0.15, 0.2) is 60.7 Å². The quantitative estimate of drug-likeness (QED) is 0.120. The standard InChI is InChI=1S/C29H39N2O7PS/c1-4-26(34)37-29(21(2)3)38-39(36,18-12-11-15-22-13-7-5-8-14-22)30-24-20-40-28(23-16-9-6-10-17-23)31(27(24)35)19-25(32)33/h5-10,13-14,16-17,21,24,28-29H,4,11-12,15,18-20H2,1-3H3,(H,30,36)(H,32,33)/t24?,28-,29?,39?/m1/s1. The third-order valence-corrected chi connectivity index (χ3v) is 9.92. The van der Waals surface area contributed by atoms with E-state index in [4.69, 9.17) is 9.26 Å². The number of amides is 1. The summed E-state index contributed by atoms with van der Waals surface area (Å²) in [5.41, 5.74) is 1.98. The molecule has 218 valence electrons. The van der Waals surface area contributed by atoms with Crippen LogP contribution in [0.3, 0.4) is 0 Å². The fourth-order valence-electron chi connectivity index (χ4n) is 4.30. The average molecular weight is 591 g/mol. The zero-order valence-corrected chi connectivity index (χ0v) is 24.9. The highest BCUT2D eigenvalue weighted by Gasteiger charge is 2.42. The van der Waals surface area contributed by atoms with E-state index in [1.807, 2.05) is 60.7 Å². The van der Waals surface area contributed by atoms with Gasteiger partial charge in [-0.25, -0.2) is 5.09 Å². The number of carbonyl (C=O) groups excluding carboxylic acids is 2. The summed E-state index contributed by atoms with van der Waals surface area (Å²) in [7, 11) is -3.71. The van der Waals surface area contributed by atoms with Crippen LogP contribution in [-0.2, 0) is 34.6 Å². The second-order valence-electron chi connectivity index (χ2n) is 10.0. The summed E-state index contributed by atoms with van der Waals surface area (Å²) in [5.74, 6) is -2.08. The van der Waals surface area contributed by atoms with Gasteiger partial charge in [0, 0.05) is 24.3 Å². The van der Waals surface area contributed by atoms with Crippen molar-refractivity contribution in [3.63, 3.8) is 0 Å². The second kappa shape index (κ2) is 15.4. The number of aryl methyl sites for hydroxylation is 1. The predicted octanol–water partition coefficient (Wildman–Crippen LogP) is 5.47. The number of nitrogens with zero attached hydrogens (tertiary/aromatic N) is 1. The largest absolute Gasteiger partial charge is 0.480 e. The molecule has 2 aromatic carbocycles. The van der Waals surface area contributed by atoms with Crippen LogP contribution in [0.2, 0.25) is 0 Å². The van der Waals surface area contributed by atoms with Gasteiger partial charge in [0.1, 0.15) is 18.0 Å². The highest BCUT2D eigenvalue weighted by molar-refractivity contribution is 7.99. The lowest BCUT2D eigenvalue weighted by atomic mass is 10.1. The number of carbonyl (C=O) groups is 3. The van der Waals surface area contributed by atoms with E-state index in [-0.39, 0.29) is 24.3 Å². The molecule has 2 N–H and O–H groups in total. The summed E-state index contributed by atoms with van der Waals surface area (Å²) < 4.78 is 25.7. The minimum atomic E-state index is -3.71. The van der Waals surface area contributed by atoms with E-state index in [0.29, 0.717) is 6.42 Å². The van der Waals surface area contributed by atoms with E-state index in [0.717, 1.165) is 18.4 Å². The van der Waals surface area contributed by atoms with Crippen LogP contribution in [0.25, 0.3) is 0 Å². The fourth-order valence-corrected chi connectivity index (χ4v) is 7.96. The van der Waals surface area contributed by atoms with Gasteiger partial charge in [0.2, 0.25) is 12.2 Å². The van der Waals surface area contributed by atoms with E-state index in [1.165, 1.54) is 22.2 Å². The van der Waals surface area contributed by atoms with Gasteiger partial charge in [-0.3, -0.25) is 23.5 Å². The highest BCUT2D eigenvalue weighted by Crippen LogP contribution is 2.48. The van der Waals surface area contributed by atoms with Gasteiger partial charge in [0.25, 0.3) is 7.52 Å². The Morgan fingerprint density at radius 2 is 1.75 bits per heavy atom. The number of hydrogen-bond acceptors (Lipinski definition) is 7. The molecule has 0 bridgehead atoms. The summed E-state index contributed by atoms with van der Waals surface area (Å²) in [6.45, 7) is 4.77. The molecule has 4 atom stereocenters. The van der Waals surface area contributed by atoms with Crippen molar-refractivity contribution in [1.82, 2.24) is 9.99 Å². The van der Waals surface area contributed by atoms with Crippen LogP contribution in [0.5, 0.6) is 0 Å². The molecule has 2 aromatic rings. The number of hydrogen-bond donors (Lipinski definition) is 2. The van der Waals surface area contributed by atoms with Gasteiger partial charge in [0.05, 0.1) is 0 Å². The summed E-state index contributed by atoms with van der Waals surface area (Å²) in [6, 6.07) is 18.3. The normalized spacial score (nSPS) is 19.7. The number of benzene rings is 2. The molecule has 1 aliphatic rings. The smallest absolute Gasteiger partial charge is 0.323 e. The lowest BCUT2D eigenvalue weighted by Gasteiger charge is -2.39. The number of esters is 1. The minimum absolute atomic E-state index is 0.127. The first kappa shape index (κ1) is 31.9. The van der Waals surface area contributed by atoms with Crippen molar-refractivity contribution in [3.8, 4) is 0 Å². The topological polar surface area (TPSA) is 122 Å². The Labute approximate surface area is 240 Å². The SMILES string of the molecule is CCC(=O)OC(OP(=O)(CCCCc1ccccc1)NC1CS[C@H](c2ccccc2)N(CC(=O)O)C1=O)C(C)C. The number of carboxylic acids is 1. The number of carboxylic acid groups (broad SMARTS) is 1. The van der Waals surface area contributed by atoms with Gasteiger partial charge in [0.15, 0.2) is 0 Å². The first-order chi connectivity index (χ1) is 19.1. The number of aliphatic carboxylic acids is 1. The Hall–Kier alpha value is -2.65. The van der Waals surface area contributed by atoms with Crippen molar-refractivity contribution in [2.45, 2.75) is 64.2 Å². The van der Waals surface area contributed by atoms with Gasteiger partial charge < -0.3 is 14.7 Å². The van der Waals surface area contributed by atoms with Crippen LogP contribution in [0, 0.1) is 5.92 Å². The molecular weight excluding hydrogens is 551 g/mol. The Morgan fingerprint density at radius 3 is 2.35 bits per heavy atom. The fraction of sp³-hybridized carbons (Fsp3) is 0.483. The molecule has 1 fully saturated rings. The maximum absolute atomic E-state index is 14.3. The second-order valence-corrected chi connectivity index (χ2v) is 13.4. The van der Waals surface area contributed by atoms with Crippen LogP contribution in [0.1, 0.15) is 56.5 Å². The Bertz CT molecular complexity index is 1170. The molecule has 1 saturated heterocycles. The number of ether oxygens (including phenoxy) is 1. The lowest BCUT2D eigenvalue weighted by Crippen LogP contribution is -2.53. The number of unbranched alkanes of at least 4 members (excludes halogenated alkanes) is 1. The van der Waals surface area contributed by atoms with E-state index in [9.17, 15) is 24.1 Å². The molecule has 1 aliphatic heterocycles. The summed E-state index contributed by atoms with van der Waals surface area (Å²) in [6.07, 6.45) is 1.30. The van der Waals surface area contributed by atoms with Gasteiger partial charge >= 0.3 is 11.9 Å². The van der Waals surface area contributed by atoms with E-state index in [2.05, 4.69) is 5.09 Å². The first-order valence-corrected chi connectivity index (χ1v) is 16.4. The summed E-state index contributed by atoms with van der Waals surface area (Å²) >= 11 is 1.40. The molecule has 0 aliphatic carbocycles. The molecule has 11 heteroatoms. The molecule has 3 unspecified atom stereocenters. The predicted molar refractivity (Wildman–Crippen MR) is 156 cm³/mol. The number of nitrogens with one attached hydrogen (secondary N) is 1. The van der Waals surface area contributed by atoms with Crippen LogP contribution < -0.4 is 5.09 Å². The summed E-state index contributed by atoms with van der Waals surface area (Å²) in [4.78, 5) is 38.6. The third-order valence-electron chi connectivity index (χ3n) is 6.39. The molecule has 1 amide bonds. The van der Waals surface area contributed by atoms with Crippen LogP contribution in [0.4, 0.5) is 0 Å². The number of thioether (sulfide) groups is 1. The molecule has 1 heterocycles. The van der Waals surface area contributed by atoms with Crippen molar-refractivity contribution >= 4 is 37.1 Å². The molecule has 0 saturated carbocycles. The van der Waals surface area contributed by atoms with Crippen molar-refractivity contribution in [3.05, 3.63) is 71.8 Å². The van der Waals surface area contributed by atoms with Gasteiger partial charge in [-0.2, -0.15) is 0 Å². The zero-order valence-electron chi connectivity index (χ0n) is 23.2. The van der Waals surface area contributed by atoms with Crippen molar-refractivity contribution in [1.29, 1.82) is 0 Å². The number of rotatable bonds is 15. The van der Waals surface area contributed by atoms with Gasteiger partial charge in [-0.15, -0.1) is 11.8 Å². The molecular formula is C29H39N2O7PS. The van der Waals surface area contributed by atoms with Crippen molar-refractivity contribution in [2.24, 2.45) is 5.92 Å². The Balaban J connectivity index is 1.79. The summed E-state index contributed by atoms with van der Waals surface area (Å²) in [5, 5.41) is 12.0. The Morgan fingerprint density at radius 1 is 1.10 bits per heavy atom. The average Bonchev–Trinajstić information content (AvgIpc) is 2.94. The van der Waals surface area contributed by atoms with Crippen LogP contribution in [-0.4, -0.2) is 58.6 Å². The monoisotopic (exact) mass is 590 g/mol. The molecule has 3 rings (SSSR count). The van der Waals surface area contributed by atoms with E-state index in [1.54, 1.807) is 20.8 Å². The molecule has 0 aromatic heterocycles. The molecule has 9 nitrogen and oxygen atoms in total. The minimum Gasteiger partial charge on any atom is -0.480 e. The Kier molecular flexibility index (Phi) is 12.3. The molecule has 0 spiro atoms. The zero-order chi connectivity index (χ0) is 29.1. The maximum Gasteiger partial charge on any atom is 0.323 e. The highest BCUT2D eigenvalue weighted by atomic mass is 32.2. The van der Waals surface area contributed by atoms with Crippen molar-refractivity contribution < 1.29 is 33.3 Å². The van der Waals surface area contributed by atoms with E-state index < -0.39 is 49.6 Å². The van der Waals surface area contributed by atoms with Gasteiger partial charge in [-0.05, 0) is 30.4 Å². The molecule has 40 heavy (non-hydrogen) atoms. The first-order valence-electron chi connectivity index (χ1n) is 13.6. The molecule has 0 radical (unpaired) electrons.